The number of alkyl halides is 1. The van der Waals surface area contributed by atoms with E-state index in [-0.39, 0.29) is 5.92 Å². The van der Waals surface area contributed by atoms with Crippen molar-refractivity contribution in [2.24, 2.45) is 5.92 Å². The minimum absolute atomic E-state index is 0.146. The topological polar surface area (TPSA) is 0 Å². The van der Waals surface area contributed by atoms with Crippen molar-refractivity contribution in [3.63, 3.8) is 0 Å². The molecule has 0 aromatic heterocycles. The van der Waals surface area contributed by atoms with Crippen LogP contribution in [0.4, 0.5) is 4.39 Å². The maximum Gasteiger partial charge on any atom is 0.157 e. The van der Waals surface area contributed by atoms with Crippen LogP contribution in [0.1, 0.15) is 13.8 Å². The van der Waals surface area contributed by atoms with E-state index in [2.05, 4.69) is 0 Å². The third-order valence-electron chi connectivity index (χ3n) is 0.712. The van der Waals surface area contributed by atoms with Crippen molar-refractivity contribution in [2.75, 3.05) is 6.26 Å². The second-order valence-corrected chi connectivity index (χ2v) is 4.41. The molecule has 0 nitrogen and oxygen atoms in total. The molecule has 0 unspecified atom stereocenters. The zero-order valence-corrected chi connectivity index (χ0v) is 6.98. The average Bonchev–Trinajstić information content (AvgIpc) is 1.67. The molecule has 0 aliphatic carbocycles. The van der Waals surface area contributed by atoms with Gasteiger partial charge in [0.15, 0.2) is 5.50 Å². The van der Waals surface area contributed by atoms with Crippen LogP contribution < -0.4 is 0 Å². The Labute approximate surface area is 58.0 Å². The van der Waals surface area contributed by atoms with Crippen LogP contribution in [0.3, 0.4) is 0 Å². The van der Waals surface area contributed by atoms with E-state index in [1.54, 1.807) is 0 Å². The van der Waals surface area contributed by atoms with Gasteiger partial charge in [0, 0.05) is 0 Å². The van der Waals surface area contributed by atoms with E-state index in [1.165, 1.54) is 21.6 Å². The standard InChI is InChI=1S/C5H11FS2/c1-4(2)5(6)8-7-3/h4-5H,1-3H3/t5-/m1/s1. The monoisotopic (exact) mass is 154 g/mol. The molecule has 0 aliphatic heterocycles. The first-order chi connectivity index (χ1) is 3.68. The maximum absolute atomic E-state index is 12.5. The molecule has 0 N–H and O–H groups in total. The minimum atomic E-state index is -0.704. The van der Waals surface area contributed by atoms with E-state index in [0.29, 0.717) is 0 Å². The first-order valence-corrected chi connectivity index (χ1v) is 5.14. The Balaban J connectivity index is 3.17. The first kappa shape index (κ1) is 8.63. The number of hydrogen-bond donors (Lipinski definition) is 0. The largest absolute Gasteiger partial charge is 0.234 e. The lowest BCUT2D eigenvalue weighted by molar-refractivity contribution is 0.365. The van der Waals surface area contributed by atoms with Gasteiger partial charge in [0.05, 0.1) is 0 Å². The fourth-order valence-corrected chi connectivity index (χ4v) is 1.83. The Morgan fingerprint density at radius 2 is 1.88 bits per heavy atom. The van der Waals surface area contributed by atoms with Crippen molar-refractivity contribution in [2.45, 2.75) is 19.4 Å². The highest BCUT2D eigenvalue weighted by atomic mass is 33.1. The van der Waals surface area contributed by atoms with Crippen LogP contribution in [-0.4, -0.2) is 11.8 Å². The van der Waals surface area contributed by atoms with Crippen molar-refractivity contribution in [1.29, 1.82) is 0 Å². The Kier molecular flexibility index (Phi) is 4.86. The van der Waals surface area contributed by atoms with Gasteiger partial charge in [-0.2, -0.15) is 0 Å². The lowest BCUT2D eigenvalue weighted by Crippen LogP contribution is -2.00. The summed E-state index contributed by atoms with van der Waals surface area (Å²) in [6.45, 7) is 3.77. The lowest BCUT2D eigenvalue weighted by atomic mass is 10.3. The van der Waals surface area contributed by atoms with Crippen molar-refractivity contribution < 1.29 is 4.39 Å². The van der Waals surface area contributed by atoms with Crippen LogP contribution >= 0.6 is 21.6 Å². The molecule has 0 spiro atoms. The summed E-state index contributed by atoms with van der Waals surface area (Å²) in [6, 6.07) is 0. The van der Waals surface area contributed by atoms with Gasteiger partial charge in [-0.3, -0.25) is 0 Å². The third-order valence-corrected chi connectivity index (χ3v) is 2.76. The second-order valence-electron chi connectivity index (χ2n) is 1.86. The van der Waals surface area contributed by atoms with Crippen molar-refractivity contribution in [3.8, 4) is 0 Å². The van der Waals surface area contributed by atoms with Gasteiger partial charge in [0.2, 0.25) is 0 Å². The van der Waals surface area contributed by atoms with Crippen LogP contribution in [0.2, 0.25) is 0 Å². The molecule has 0 aromatic carbocycles. The van der Waals surface area contributed by atoms with Gasteiger partial charge in [-0.15, -0.1) is 0 Å². The van der Waals surface area contributed by atoms with Gasteiger partial charge in [0.25, 0.3) is 0 Å². The lowest BCUT2D eigenvalue weighted by Gasteiger charge is -2.07. The normalized spacial score (nSPS) is 14.6. The summed E-state index contributed by atoms with van der Waals surface area (Å²) in [6.07, 6.45) is 1.89. The highest BCUT2D eigenvalue weighted by Crippen LogP contribution is 2.29. The molecule has 1 atom stereocenters. The summed E-state index contributed by atoms with van der Waals surface area (Å²) >= 11 is 0. The van der Waals surface area contributed by atoms with Gasteiger partial charge in [-0.1, -0.05) is 35.4 Å². The third kappa shape index (κ3) is 3.61. The van der Waals surface area contributed by atoms with Crippen molar-refractivity contribution in [3.05, 3.63) is 0 Å². The maximum atomic E-state index is 12.5. The Bertz CT molecular complexity index is 56.4. The zero-order valence-electron chi connectivity index (χ0n) is 5.35. The molecule has 0 saturated carbocycles. The fraction of sp³-hybridized carbons (Fsp3) is 1.00. The van der Waals surface area contributed by atoms with E-state index < -0.39 is 5.50 Å². The quantitative estimate of drug-likeness (QED) is 0.573. The predicted molar refractivity (Wildman–Crippen MR) is 40.8 cm³/mol. The summed E-state index contributed by atoms with van der Waals surface area (Å²) < 4.78 is 12.5. The van der Waals surface area contributed by atoms with Crippen molar-refractivity contribution in [1.82, 2.24) is 0 Å². The van der Waals surface area contributed by atoms with Crippen LogP contribution in [0.5, 0.6) is 0 Å². The summed E-state index contributed by atoms with van der Waals surface area (Å²) in [5, 5.41) is 0. The van der Waals surface area contributed by atoms with Crippen molar-refractivity contribution >= 4 is 21.6 Å². The Morgan fingerprint density at radius 1 is 1.38 bits per heavy atom. The molecular weight excluding hydrogens is 143 g/mol. The van der Waals surface area contributed by atoms with Crippen LogP contribution in [-0.2, 0) is 0 Å². The molecular formula is C5H11FS2. The molecule has 0 bridgehead atoms. The van der Waals surface area contributed by atoms with E-state index in [0.717, 1.165) is 0 Å². The number of halogens is 1. The smallest absolute Gasteiger partial charge is 0.157 e. The average molecular weight is 154 g/mol. The summed E-state index contributed by atoms with van der Waals surface area (Å²) in [4.78, 5) is 0. The van der Waals surface area contributed by atoms with Gasteiger partial charge in [0.1, 0.15) is 0 Å². The van der Waals surface area contributed by atoms with Gasteiger partial charge in [-0.05, 0) is 12.2 Å². The highest BCUT2D eigenvalue weighted by Gasteiger charge is 2.09. The van der Waals surface area contributed by atoms with Gasteiger partial charge in [-0.25, -0.2) is 4.39 Å². The van der Waals surface area contributed by atoms with Crippen LogP contribution in [0.15, 0.2) is 0 Å². The van der Waals surface area contributed by atoms with E-state index in [4.69, 9.17) is 0 Å². The molecule has 0 aliphatic rings. The van der Waals surface area contributed by atoms with Crippen LogP contribution in [0, 0.1) is 5.92 Å². The molecule has 0 radical (unpaired) electrons. The molecule has 0 rings (SSSR count). The molecule has 50 valence electrons. The molecule has 8 heavy (non-hydrogen) atoms. The molecule has 0 fully saturated rings. The minimum Gasteiger partial charge on any atom is -0.234 e. The second kappa shape index (κ2) is 4.50. The zero-order chi connectivity index (χ0) is 6.57. The SMILES string of the molecule is CSS[C@@H](F)C(C)C. The molecule has 0 amide bonds. The summed E-state index contributed by atoms with van der Waals surface area (Å²) in [5.74, 6) is 0.146. The molecule has 0 aromatic rings. The van der Waals surface area contributed by atoms with Crippen LogP contribution in [0.25, 0.3) is 0 Å². The fourth-order valence-electron chi connectivity index (χ4n) is 0.203. The Hall–Kier alpha value is 0.630. The number of rotatable bonds is 3. The molecule has 0 saturated heterocycles. The van der Waals surface area contributed by atoms with Gasteiger partial charge >= 0.3 is 0 Å². The predicted octanol–water partition coefficient (Wildman–Crippen LogP) is 2.95. The van der Waals surface area contributed by atoms with E-state index >= 15 is 0 Å². The first-order valence-electron chi connectivity index (χ1n) is 2.52. The number of hydrogen-bond acceptors (Lipinski definition) is 2. The Morgan fingerprint density at radius 3 is 2.00 bits per heavy atom. The summed E-state index contributed by atoms with van der Waals surface area (Å²) in [5.41, 5.74) is -0.704. The highest BCUT2D eigenvalue weighted by molar-refractivity contribution is 8.76. The van der Waals surface area contributed by atoms with E-state index in [9.17, 15) is 4.39 Å². The van der Waals surface area contributed by atoms with Gasteiger partial charge < -0.3 is 0 Å². The molecule has 3 heteroatoms. The summed E-state index contributed by atoms with van der Waals surface area (Å²) in [7, 11) is 2.77. The van der Waals surface area contributed by atoms with E-state index in [1.807, 2.05) is 20.1 Å². The molecule has 0 heterocycles.